The fourth-order valence-corrected chi connectivity index (χ4v) is 2.50. The van der Waals surface area contributed by atoms with Crippen molar-refractivity contribution >= 4 is 5.69 Å². The molecule has 1 aromatic heterocycles. The molecule has 0 amide bonds. The molecule has 0 fully saturated rings. The van der Waals surface area contributed by atoms with Gasteiger partial charge in [-0.3, -0.25) is 0 Å². The van der Waals surface area contributed by atoms with Gasteiger partial charge in [-0.05, 0) is 35.4 Å². The van der Waals surface area contributed by atoms with Crippen molar-refractivity contribution in [3.05, 3.63) is 77.9 Å². The highest BCUT2D eigenvalue weighted by molar-refractivity contribution is 5.41. The standard InChI is InChI=1S/C18H19N3O/c1-22-17-7-3-5-15(11-17)13-21-9-8-20-18(21)12-14-4-2-6-16(19)10-14/h2-11H,12-13,19H2,1H3. The zero-order valence-electron chi connectivity index (χ0n) is 12.6. The van der Waals surface area contributed by atoms with Gasteiger partial charge < -0.3 is 15.0 Å². The first-order valence-electron chi connectivity index (χ1n) is 7.22. The molecule has 3 aromatic rings. The van der Waals surface area contributed by atoms with Crippen molar-refractivity contribution in [2.24, 2.45) is 0 Å². The second kappa shape index (κ2) is 6.35. The number of ether oxygens (including phenoxy) is 1. The second-order valence-electron chi connectivity index (χ2n) is 5.24. The van der Waals surface area contributed by atoms with E-state index in [1.807, 2.05) is 48.8 Å². The summed E-state index contributed by atoms with van der Waals surface area (Å²) >= 11 is 0. The van der Waals surface area contributed by atoms with Crippen molar-refractivity contribution in [3.8, 4) is 5.75 Å². The van der Waals surface area contributed by atoms with E-state index in [0.717, 1.165) is 35.8 Å². The van der Waals surface area contributed by atoms with Crippen LogP contribution in [0.4, 0.5) is 5.69 Å². The molecule has 112 valence electrons. The molecule has 0 bridgehead atoms. The molecule has 4 heteroatoms. The summed E-state index contributed by atoms with van der Waals surface area (Å²) in [6, 6.07) is 16.0. The lowest BCUT2D eigenvalue weighted by Crippen LogP contribution is -2.05. The van der Waals surface area contributed by atoms with Crippen LogP contribution in [0.1, 0.15) is 17.0 Å². The van der Waals surface area contributed by atoms with E-state index in [1.165, 1.54) is 5.56 Å². The Hall–Kier alpha value is -2.75. The number of hydrogen-bond acceptors (Lipinski definition) is 3. The van der Waals surface area contributed by atoms with Crippen LogP contribution in [0.5, 0.6) is 5.75 Å². The maximum atomic E-state index is 5.84. The van der Waals surface area contributed by atoms with Crippen LogP contribution in [0.15, 0.2) is 60.9 Å². The summed E-state index contributed by atoms with van der Waals surface area (Å²) in [6.07, 6.45) is 4.60. The molecule has 3 rings (SSSR count). The van der Waals surface area contributed by atoms with E-state index in [0.29, 0.717) is 0 Å². The van der Waals surface area contributed by atoms with Crippen molar-refractivity contribution in [1.29, 1.82) is 0 Å². The Morgan fingerprint density at radius 3 is 2.73 bits per heavy atom. The Bertz CT molecular complexity index is 764. The first-order valence-corrected chi connectivity index (χ1v) is 7.22. The highest BCUT2D eigenvalue weighted by Gasteiger charge is 2.06. The van der Waals surface area contributed by atoms with E-state index in [-0.39, 0.29) is 0 Å². The maximum absolute atomic E-state index is 5.84. The summed E-state index contributed by atoms with van der Waals surface area (Å²) in [6.45, 7) is 0.773. The second-order valence-corrected chi connectivity index (χ2v) is 5.24. The molecule has 0 aliphatic rings. The van der Waals surface area contributed by atoms with E-state index in [2.05, 4.69) is 21.7 Å². The van der Waals surface area contributed by atoms with Gasteiger partial charge in [0.15, 0.2) is 0 Å². The first-order chi connectivity index (χ1) is 10.7. The van der Waals surface area contributed by atoms with Gasteiger partial charge in [-0.25, -0.2) is 4.98 Å². The zero-order valence-corrected chi connectivity index (χ0v) is 12.6. The smallest absolute Gasteiger partial charge is 0.119 e. The van der Waals surface area contributed by atoms with Gasteiger partial charge in [-0.1, -0.05) is 24.3 Å². The number of methoxy groups -OCH3 is 1. The number of nitrogens with zero attached hydrogens (tertiary/aromatic N) is 2. The highest BCUT2D eigenvalue weighted by atomic mass is 16.5. The van der Waals surface area contributed by atoms with Gasteiger partial charge in [0.1, 0.15) is 11.6 Å². The van der Waals surface area contributed by atoms with Gasteiger partial charge in [0.2, 0.25) is 0 Å². The van der Waals surface area contributed by atoms with Crippen molar-refractivity contribution in [2.45, 2.75) is 13.0 Å². The molecular formula is C18H19N3O. The van der Waals surface area contributed by atoms with E-state index in [4.69, 9.17) is 10.5 Å². The molecule has 1 heterocycles. The minimum Gasteiger partial charge on any atom is -0.497 e. The average molecular weight is 293 g/mol. The third-order valence-corrected chi connectivity index (χ3v) is 3.60. The maximum Gasteiger partial charge on any atom is 0.119 e. The molecule has 2 aromatic carbocycles. The number of hydrogen-bond donors (Lipinski definition) is 1. The molecule has 0 unspecified atom stereocenters. The number of benzene rings is 2. The molecule has 0 aliphatic carbocycles. The molecule has 0 atom stereocenters. The summed E-state index contributed by atoms with van der Waals surface area (Å²) < 4.78 is 7.43. The summed E-state index contributed by atoms with van der Waals surface area (Å²) in [4.78, 5) is 4.47. The molecule has 0 spiro atoms. The monoisotopic (exact) mass is 293 g/mol. The lowest BCUT2D eigenvalue weighted by molar-refractivity contribution is 0.414. The summed E-state index contributed by atoms with van der Waals surface area (Å²) in [5.41, 5.74) is 8.97. The molecule has 0 radical (unpaired) electrons. The van der Waals surface area contributed by atoms with Crippen LogP contribution in [0, 0.1) is 0 Å². The number of nitrogen functional groups attached to an aromatic ring is 1. The lowest BCUT2D eigenvalue weighted by atomic mass is 10.1. The molecule has 22 heavy (non-hydrogen) atoms. The third-order valence-electron chi connectivity index (χ3n) is 3.60. The molecule has 0 saturated carbocycles. The highest BCUT2D eigenvalue weighted by Crippen LogP contribution is 2.16. The van der Waals surface area contributed by atoms with Crippen LogP contribution >= 0.6 is 0 Å². The number of aromatic nitrogens is 2. The number of imidazole rings is 1. The van der Waals surface area contributed by atoms with Crippen LogP contribution in [0.2, 0.25) is 0 Å². The Morgan fingerprint density at radius 1 is 1.09 bits per heavy atom. The quantitative estimate of drug-likeness (QED) is 0.735. The Labute approximate surface area is 130 Å². The van der Waals surface area contributed by atoms with Gasteiger partial charge in [0.05, 0.1) is 7.11 Å². The van der Waals surface area contributed by atoms with Gasteiger partial charge >= 0.3 is 0 Å². The predicted molar refractivity (Wildman–Crippen MR) is 88.0 cm³/mol. The summed E-state index contributed by atoms with van der Waals surface area (Å²) in [7, 11) is 1.68. The minimum atomic E-state index is 0.766. The lowest BCUT2D eigenvalue weighted by Gasteiger charge is -2.09. The third kappa shape index (κ3) is 3.28. The Kier molecular flexibility index (Phi) is 4.10. The SMILES string of the molecule is COc1cccc(Cn2ccnc2Cc2cccc(N)c2)c1. The minimum absolute atomic E-state index is 0.766. The molecule has 0 saturated heterocycles. The predicted octanol–water partition coefficient (Wildman–Crippen LogP) is 3.11. The van der Waals surface area contributed by atoms with Gasteiger partial charge in [-0.15, -0.1) is 0 Å². The topological polar surface area (TPSA) is 53.1 Å². The van der Waals surface area contributed by atoms with Crippen molar-refractivity contribution in [1.82, 2.24) is 9.55 Å². The largest absolute Gasteiger partial charge is 0.497 e. The van der Waals surface area contributed by atoms with Crippen molar-refractivity contribution in [3.63, 3.8) is 0 Å². The molecule has 4 nitrogen and oxygen atoms in total. The number of anilines is 1. The van der Waals surface area contributed by atoms with Crippen LogP contribution in [-0.4, -0.2) is 16.7 Å². The van der Waals surface area contributed by atoms with Crippen LogP contribution < -0.4 is 10.5 Å². The number of nitrogens with two attached hydrogens (primary N) is 1. The normalized spacial score (nSPS) is 10.6. The van der Waals surface area contributed by atoms with E-state index in [1.54, 1.807) is 7.11 Å². The molecule has 2 N–H and O–H groups in total. The first kappa shape index (κ1) is 14.2. The van der Waals surface area contributed by atoms with Crippen LogP contribution in [0.25, 0.3) is 0 Å². The zero-order chi connectivity index (χ0) is 15.4. The van der Waals surface area contributed by atoms with Gasteiger partial charge in [0, 0.05) is 31.0 Å². The van der Waals surface area contributed by atoms with E-state index >= 15 is 0 Å². The van der Waals surface area contributed by atoms with Gasteiger partial charge in [-0.2, -0.15) is 0 Å². The van der Waals surface area contributed by atoms with Crippen LogP contribution in [0.3, 0.4) is 0 Å². The van der Waals surface area contributed by atoms with Crippen molar-refractivity contribution in [2.75, 3.05) is 12.8 Å². The number of rotatable bonds is 5. The van der Waals surface area contributed by atoms with Gasteiger partial charge in [0.25, 0.3) is 0 Å². The van der Waals surface area contributed by atoms with Crippen LogP contribution in [-0.2, 0) is 13.0 Å². The van der Waals surface area contributed by atoms with E-state index in [9.17, 15) is 0 Å². The Balaban J connectivity index is 1.80. The fraction of sp³-hybridized carbons (Fsp3) is 0.167. The average Bonchev–Trinajstić information content (AvgIpc) is 2.94. The Morgan fingerprint density at radius 2 is 1.91 bits per heavy atom. The summed E-state index contributed by atoms with van der Waals surface area (Å²) in [5, 5.41) is 0. The fourth-order valence-electron chi connectivity index (χ4n) is 2.50. The summed E-state index contributed by atoms with van der Waals surface area (Å²) in [5.74, 6) is 1.89. The van der Waals surface area contributed by atoms with Crippen molar-refractivity contribution < 1.29 is 4.74 Å². The molecular weight excluding hydrogens is 274 g/mol. The van der Waals surface area contributed by atoms with E-state index < -0.39 is 0 Å². The molecule has 0 aliphatic heterocycles.